The third-order valence-electron chi connectivity index (χ3n) is 4.80. The Morgan fingerprint density at radius 1 is 0.879 bits per heavy atom. The number of nitrogens with one attached hydrogen (secondary N) is 1. The van der Waals surface area contributed by atoms with Crippen LogP contribution >= 0.6 is 0 Å². The maximum Gasteiger partial charge on any atom is 0.339 e. The fourth-order valence-electron chi connectivity index (χ4n) is 3.17. The number of carbonyl (C=O) groups is 3. The van der Waals surface area contributed by atoms with Crippen LogP contribution in [-0.4, -0.2) is 26.3 Å². The second-order valence-corrected chi connectivity index (χ2v) is 8.76. The molecular weight excluding hydrogens is 444 g/mol. The van der Waals surface area contributed by atoms with E-state index in [0.29, 0.717) is 11.3 Å². The van der Waals surface area contributed by atoms with Crippen LogP contribution in [0.25, 0.3) is 6.08 Å². The van der Waals surface area contributed by atoms with Crippen LogP contribution in [0.5, 0.6) is 5.75 Å². The smallest absolute Gasteiger partial charge is 0.339 e. The molecule has 4 rings (SSSR count). The van der Waals surface area contributed by atoms with Crippen LogP contribution in [0.15, 0.2) is 89.3 Å². The highest BCUT2D eigenvalue weighted by Gasteiger charge is 2.36. The van der Waals surface area contributed by atoms with Crippen LogP contribution in [0.4, 0.5) is 10.5 Å². The minimum atomic E-state index is -4.07. The van der Waals surface area contributed by atoms with Crippen molar-refractivity contribution in [3.05, 3.63) is 95.6 Å². The summed E-state index contributed by atoms with van der Waals surface area (Å²) in [7, 11) is -4.07. The number of rotatable bonds is 5. The summed E-state index contributed by atoms with van der Waals surface area (Å²) in [6.45, 7) is 1.84. The first-order valence-electron chi connectivity index (χ1n) is 9.82. The fraction of sp³-hybridized carbons (Fsp3) is 0.0417. The zero-order valence-corrected chi connectivity index (χ0v) is 18.2. The molecule has 8 nitrogen and oxygen atoms in total. The number of nitrogens with zero attached hydrogens (tertiary/aromatic N) is 1. The number of aryl methyl sites for hydroxylation is 1. The maximum atomic E-state index is 12.9. The minimum Gasteiger partial charge on any atom is -0.379 e. The summed E-state index contributed by atoms with van der Waals surface area (Å²) in [6, 6.07) is 19.4. The highest BCUT2D eigenvalue weighted by atomic mass is 32.2. The largest absolute Gasteiger partial charge is 0.379 e. The van der Waals surface area contributed by atoms with Gasteiger partial charge in [0, 0.05) is 0 Å². The van der Waals surface area contributed by atoms with E-state index in [-0.39, 0.29) is 16.2 Å². The minimum absolute atomic E-state index is 0.00397. The lowest BCUT2D eigenvalue weighted by atomic mass is 10.1. The van der Waals surface area contributed by atoms with Crippen LogP contribution in [0.3, 0.4) is 0 Å². The van der Waals surface area contributed by atoms with E-state index in [1.54, 1.807) is 48.5 Å². The average molecular weight is 462 g/mol. The van der Waals surface area contributed by atoms with Gasteiger partial charge in [-0.05, 0) is 55.0 Å². The SMILES string of the molecule is Cc1ccc(S(=O)(=O)Oc2cccc(/C=C3/C(=O)NC(=O)N(c4ccccc4)C3=O)c2)cc1. The first kappa shape index (κ1) is 22.0. The molecule has 33 heavy (non-hydrogen) atoms. The molecule has 3 aromatic carbocycles. The summed E-state index contributed by atoms with van der Waals surface area (Å²) in [5.74, 6) is -1.64. The molecule has 0 spiro atoms. The van der Waals surface area contributed by atoms with Gasteiger partial charge in [-0.2, -0.15) is 8.42 Å². The zero-order chi connectivity index (χ0) is 23.6. The van der Waals surface area contributed by atoms with Crippen molar-refractivity contribution in [3.8, 4) is 5.75 Å². The van der Waals surface area contributed by atoms with Crippen molar-refractivity contribution in [1.29, 1.82) is 0 Å². The molecule has 166 valence electrons. The maximum absolute atomic E-state index is 12.9. The second kappa shape index (κ2) is 8.71. The third-order valence-corrected chi connectivity index (χ3v) is 6.06. The predicted molar refractivity (Wildman–Crippen MR) is 121 cm³/mol. The van der Waals surface area contributed by atoms with E-state index >= 15 is 0 Å². The van der Waals surface area contributed by atoms with Crippen molar-refractivity contribution < 1.29 is 27.0 Å². The van der Waals surface area contributed by atoms with Crippen LogP contribution < -0.4 is 14.4 Å². The van der Waals surface area contributed by atoms with Crippen LogP contribution in [-0.2, 0) is 19.7 Å². The van der Waals surface area contributed by atoms with E-state index in [0.717, 1.165) is 10.5 Å². The van der Waals surface area contributed by atoms with E-state index < -0.39 is 28.0 Å². The summed E-state index contributed by atoms with van der Waals surface area (Å²) < 4.78 is 30.3. The molecular formula is C24H18N2O6S. The summed E-state index contributed by atoms with van der Waals surface area (Å²) in [6.07, 6.45) is 1.27. The summed E-state index contributed by atoms with van der Waals surface area (Å²) in [5, 5.41) is 2.14. The number of hydrogen-bond donors (Lipinski definition) is 1. The number of para-hydroxylation sites is 1. The molecule has 0 saturated carbocycles. The Kier molecular flexibility index (Phi) is 5.80. The van der Waals surface area contributed by atoms with Gasteiger partial charge in [0.25, 0.3) is 11.8 Å². The van der Waals surface area contributed by atoms with Crippen molar-refractivity contribution in [2.45, 2.75) is 11.8 Å². The monoisotopic (exact) mass is 462 g/mol. The van der Waals surface area contributed by atoms with Crippen molar-refractivity contribution >= 4 is 39.7 Å². The first-order valence-corrected chi connectivity index (χ1v) is 11.2. The summed E-state index contributed by atoms with van der Waals surface area (Å²) >= 11 is 0. The lowest BCUT2D eigenvalue weighted by Gasteiger charge is -2.26. The summed E-state index contributed by atoms with van der Waals surface area (Å²) in [4.78, 5) is 38.4. The third kappa shape index (κ3) is 4.68. The normalized spacial score (nSPS) is 15.5. The summed E-state index contributed by atoms with van der Waals surface area (Å²) in [5.41, 5.74) is 1.27. The molecule has 1 heterocycles. The molecule has 1 aliphatic rings. The van der Waals surface area contributed by atoms with Crippen LogP contribution in [0.1, 0.15) is 11.1 Å². The van der Waals surface area contributed by atoms with Crippen molar-refractivity contribution in [2.75, 3.05) is 4.90 Å². The van der Waals surface area contributed by atoms with Crippen LogP contribution in [0, 0.1) is 6.92 Å². The average Bonchev–Trinajstić information content (AvgIpc) is 2.77. The van der Waals surface area contributed by atoms with Crippen molar-refractivity contribution in [3.63, 3.8) is 0 Å². The molecule has 0 radical (unpaired) electrons. The number of anilines is 1. The number of benzene rings is 3. The Morgan fingerprint density at radius 2 is 1.58 bits per heavy atom. The Morgan fingerprint density at radius 3 is 2.27 bits per heavy atom. The number of barbiturate groups is 1. The Labute approximate surface area is 190 Å². The Hall–Kier alpha value is -4.24. The van der Waals surface area contributed by atoms with Gasteiger partial charge in [0.05, 0.1) is 5.69 Å². The second-order valence-electron chi connectivity index (χ2n) is 7.22. The van der Waals surface area contributed by atoms with E-state index in [1.807, 2.05) is 6.92 Å². The molecule has 1 fully saturated rings. The van der Waals surface area contributed by atoms with Gasteiger partial charge in [0.1, 0.15) is 16.2 Å². The molecule has 9 heteroatoms. The van der Waals surface area contributed by atoms with Crippen molar-refractivity contribution in [1.82, 2.24) is 5.32 Å². The van der Waals surface area contributed by atoms with Gasteiger partial charge in [-0.1, -0.05) is 48.0 Å². The van der Waals surface area contributed by atoms with Crippen LogP contribution in [0.2, 0.25) is 0 Å². The zero-order valence-electron chi connectivity index (χ0n) is 17.4. The van der Waals surface area contributed by atoms with Gasteiger partial charge in [0.15, 0.2) is 0 Å². The van der Waals surface area contributed by atoms with E-state index in [4.69, 9.17) is 4.18 Å². The molecule has 1 N–H and O–H groups in total. The van der Waals surface area contributed by atoms with Gasteiger partial charge in [0.2, 0.25) is 0 Å². The highest BCUT2D eigenvalue weighted by Crippen LogP contribution is 2.24. The quantitative estimate of drug-likeness (QED) is 0.353. The van der Waals surface area contributed by atoms with E-state index in [2.05, 4.69) is 5.32 Å². The molecule has 4 amide bonds. The number of carbonyl (C=O) groups excluding carboxylic acids is 3. The van der Waals surface area contributed by atoms with E-state index in [1.165, 1.54) is 36.4 Å². The Bertz CT molecular complexity index is 1380. The van der Waals surface area contributed by atoms with Gasteiger partial charge >= 0.3 is 16.1 Å². The molecule has 1 aliphatic heterocycles. The fourth-order valence-corrected chi connectivity index (χ4v) is 4.09. The number of amides is 4. The lowest BCUT2D eigenvalue weighted by Crippen LogP contribution is -2.54. The first-order chi connectivity index (χ1) is 15.7. The molecule has 0 unspecified atom stereocenters. The number of imide groups is 2. The lowest BCUT2D eigenvalue weighted by molar-refractivity contribution is -0.122. The topological polar surface area (TPSA) is 110 Å². The molecule has 1 saturated heterocycles. The molecule has 0 aromatic heterocycles. The van der Waals surface area contributed by atoms with Gasteiger partial charge in [-0.3, -0.25) is 14.9 Å². The number of hydrogen-bond acceptors (Lipinski definition) is 6. The molecule has 0 aliphatic carbocycles. The number of urea groups is 1. The standard InChI is InChI=1S/C24H18N2O6S/c1-16-10-12-20(13-11-16)33(30,31)32-19-9-5-6-17(14-19)15-21-22(27)25-24(29)26(23(21)28)18-7-3-2-4-8-18/h2-15H,1H3,(H,25,27,29)/b21-15-. The Balaban J connectivity index is 1.63. The van der Waals surface area contributed by atoms with Crippen molar-refractivity contribution in [2.24, 2.45) is 0 Å². The highest BCUT2D eigenvalue weighted by molar-refractivity contribution is 7.87. The van der Waals surface area contributed by atoms with Gasteiger partial charge < -0.3 is 4.18 Å². The van der Waals surface area contributed by atoms with Gasteiger partial charge in [-0.15, -0.1) is 0 Å². The van der Waals surface area contributed by atoms with Gasteiger partial charge in [-0.25, -0.2) is 9.69 Å². The molecule has 3 aromatic rings. The predicted octanol–water partition coefficient (Wildman–Crippen LogP) is 3.43. The molecule has 0 bridgehead atoms. The molecule has 0 atom stereocenters. The van der Waals surface area contributed by atoms with E-state index in [9.17, 15) is 22.8 Å².